The Morgan fingerprint density at radius 3 is 2.74 bits per heavy atom. The summed E-state index contributed by atoms with van der Waals surface area (Å²) in [6, 6.07) is 0.298. The highest BCUT2D eigenvalue weighted by Gasteiger charge is 2.33. The van der Waals surface area contributed by atoms with Crippen molar-refractivity contribution >= 4 is 11.9 Å². The maximum Gasteiger partial charge on any atom is 0.326 e. The van der Waals surface area contributed by atoms with Crippen LogP contribution in [-0.4, -0.2) is 44.4 Å². The summed E-state index contributed by atoms with van der Waals surface area (Å²) in [7, 11) is 0. The number of carboxylic acid groups (broad SMARTS) is 1. The van der Waals surface area contributed by atoms with E-state index in [0.717, 1.165) is 6.07 Å². The molecule has 0 saturated carbocycles. The van der Waals surface area contributed by atoms with Crippen molar-refractivity contribution in [2.24, 2.45) is 0 Å². The fourth-order valence-electron chi connectivity index (χ4n) is 2.20. The molecule has 1 aromatic rings. The van der Waals surface area contributed by atoms with Crippen LogP contribution in [0.5, 0.6) is 0 Å². The van der Waals surface area contributed by atoms with Gasteiger partial charge in [-0.1, -0.05) is 0 Å². The fraction of sp³-hybridized carbons (Fsp3) is 0.455. The van der Waals surface area contributed by atoms with Crippen LogP contribution < -0.4 is 11.2 Å². The molecule has 19 heavy (non-hydrogen) atoms. The van der Waals surface area contributed by atoms with E-state index in [0.29, 0.717) is 19.4 Å². The van der Waals surface area contributed by atoms with Crippen LogP contribution in [0.25, 0.3) is 0 Å². The Hall–Kier alpha value is -2.38. The highest BCUT2D eigenvalue weighted by molar-refractivity contribution is 5.85. The Morgan fingerprint density at radius 1 is 1.37 bits per heavy atom. The number of aromatic amines is 2. The van der Waals surface area contributed by atoms with Gasteiger partial charge in [-0.3, -0.25) is 14.6 Å². The summed E-state index contributed by atoms with van der Waals surface area (Å²) in [5.41, 5.74) is -1.11. The van der Waals surface area contributed by atoms with Crippen LogP contribution in [0.2, 0.25) is 0 Å². The van der Waals surface area contributed by atoms with Crippen LogP contribution in [0.4, 0.5) is 0 Å². The summed E-state index contributed by atoms with van der Waals surface area (Å²) in [5, 5.41) is 8.98. The van der Waals surface area contributed by atoms with Gasteiger partial charge >= 0.3 is 11.7 Å². The van der Waals surface area contributed by atoms with Crippen molar-refractivity contribution in [3.05, 3.63) is 32.6 Å². The van der Waals surface area contributed by atoms with E-state index in [9.17, 15) is 19.2 Å². The van der Waals surface area contributed by atoms with Gasteiger partial charge in [0.25, 0.3) is 5.56 Å². The molecule has 1 aliphatic rings. The molecular weight excluding hydrogens is 254 g/mol. The van der Waals surface area contributed by atoms with Crippen molar-refractivity contribution in [1.82, 2.24) is 14.9 Å². The summed E-state index contributed by atoms with van der Waals surface area (Å²) in [4.78, 5) is 50.7. The maximum atomic E-state index is 12.0. The third-order valence-corrected chi connectivity index (χ3v) is 3.02. The standard InChI is InChI=1S/C11H13N3O5/c15-8-4-6(12-11(19)13-8)5-9(16)14-3-1-2-7(14)10(17)18/h4,7H,1-3,5H2,(H,17,18)(H2,12,13,15,19)/t7-/m0/s1. The molecule has 0 aromatic carbocycles. The third kappa shape index (κ3) is 2.90. The van der Waals surface area contributed by atoms with Crippen molar-refractivity contribution in [1.29, 1.82) is 0 Å². The molecule has 1 saturated heterocycles. The molecule has 0 radical (unpaired) electrons. The van der Waals surface area contributed by atoms with Gasteiger partial charge in [-0.05, 0) is 12.8 Å². The minimum Gasteiger partial charge on any atom is -0.480 e. The van der Waals surface area contributed by atoms with Gasteiger partial charge in [0.05, 0.1) is 6.42 Å². The van der Waals surface area contributed by atoms with Crippen LogP contribution in [0.3, 0.4) is 0 Å². The first-order chi connectivity index (χ1) is 8.97. The van der Waals surface area contributed by atoms with Gasteiger partial charge in [-0.15, -0.1) is 0 Å². The van der Waals surface area contributed by atoms with Crippen molar-refractivity contribution in [2.45, 2.75) is 25.3 Å². The second kappa shape index (κ2) is 5.09. The number of carbonyl (C=O) groups is 2. The van der Waals surface area contributed by atoms with Gasteiger partial charge in [0.1, 0.15) is 6.04 Å². The number of carboxylic acids is 1. The molecule has 8 heteroatoms. The molecule has 1 atom stereocenters. The minimum atomic E-state index is -1.04. The number of nitrogens with one attached hydrogen (secondary N) is 2. The number of hydrogen-bond acceptors (Lipinski definition) is 4. The molecule has 102 valence electrons. The Bertz CT molecular complexity index is 589. The molecule has 1 aliphatic heterocycles. The monoisotopic (exact) mass is 267 g/mol. The third-order valence-electron chi connectivity index (χ3n) is 3.02. The zero-order chi connectivity index (χ0) is 14.0. The van der Waals surface area contributed by atoms with Crippen molar-refractivity contribution < 1.29 is 14.7 Å². The first-order valence-corrected chi connectivity index (χ1v) is 5.82. The number of nitrogens with zero attached hydrogens (tertiary/aromatic N) is 1. The first-order valence-electron chi connectivity index (χ1n) is 5.82. The average molecular weight is 267 g/mol. The lowest BCUT2D eigenvalue weighted by Crippen LogP contribution is -2.41. The van der Waals surface area contributed by atoms with Crippen molar-refractivity contribution in [3.8, 4) is 0 Å². The highest BCUT2D eigenvalue weighted by atomic mass is 16.4. The summed E-state index contributed by atoms with van der Waals surface area (Å²) in [6.07, 6.45) is 0.866. The summed E-state index contributed by atoms with van der Waals surface area (Å²) < 4.78 is 0. The topological polar surface area (TPSA) is 123 Å². The van der Waals surface area contributed by atoms with E-state index >= 15 is 0 Å². The average Bonchev–Trinajstić information content (AvgIpc) is 2.75. The van der Waals surface area contributed by atoms with Gasteiger partial charge < -0.3 is 15.0 Å². The van der Waals surface area contributed by atoms with Gasteiger partial charge in [-0.25, -0.2) is 9.59 Å². The minimum absolute atomic E-state index is 0.176. The summed E-state index contributed by atoms with van der Waals surface area (Å²) >= 11 is 0. The van der Waals surface area contributed by atoms with Gasteiger partial charge in [0.2, 0.25) is 5.91 Å². The second-order valence-electron chi connectivity index (χ2n) is 4.37. The Labute approximate surface area is 107 Å². The maximum absolute atomic E-state index is 12.0. The van der Waals surface area contributed by atoms with E-state index in [1.165, 1.54) is 4.90 Å². The summed E-state index contributed by atoms with van der Waals surface area (Å²) in [6.45, 7) is 0.378. The molecule has 0 spiro atoms. The van der Waals surface area contributed by atoms with Crippen molar-refractivity contribution in [2.75, 3.05) is 6.54 Å². The zero-order valence-corrected chi connectivity index (χ0v) is 10.0. The molecule has 8 nitrogen and oxygen atoms in total. The lowest BCUT2D eigenvalue weighted by molar-refractivity contribution is -0.148. The van der Waals surface area contributed by atoms with E-state index in [2.05, 4.69) is 4.98 Å². The van der Waals surface area contributed by atoms with Crippen LogP contribution in [-0.2, 0) is 16.0 Å². The lowest BCUT2D eigenvalue weighted by Gasteiger charge is -2.21. The Morgan fingerprint density at radius 2 is 2.11 bits per heavy atom. The summed E-state index contributed by atoms with van der Waals surface area (Å²) in [5.74, 6) is -1.45. The lowest BCUT2D eigenvalue weighted by atomic mass is 10.2. The number of carbonyl (C=O) groups excluding carboxylic acids is 1. The fourth-order valence-corrected chi connectivity index (χ4v) is 2.20. The number of rotatable bonds is 3. The largest absolute Gasteiger partial charge is 0.480 e. The number of aliphatic carboxylic acids is 1. The molecule has 1 aromatic heterocycles. The van der Waals surface area contributed by atoms with Crippen LogP contribution in [0.1, 0.15) is 18.5 Å². The number of aromatic nitrogens is 2. The molecule has 3 N–H and O–H groups in total. The molecule has 0 unspecified atom stereocenters. The van der Waals surface area contributed by atoms with Crippen LogP contribution in [0, 0.1) is 0 Å². The molecule has 2 rings (SSSR count). The zero-order valence-electron chi connectivity index (χ0n) is 10.0. The number of hydrogen-bond donors (Lipinski definition) is 3. The van der Waals surface area contributed by atoms with Crippen LogP contribution >= 0.6 is 0 Å². The predicted octanol–water partition coefficient (Wildman–Crippen LogP) is -1.32. The second-order valence-corrected chi connectivity index (χ2v) is 4.37. The Balaban J connectivity index is 2.14. The quantitative estimate of drug-likeness (QED) is 0.626. The van der Waals surface area contributed by atoms with Gasteiger partial charge in [0, 0.05) is 18.3 Å². The number of amides is 1. The number of H-pyrrole nitrogens is 2. The first kappa shape index (κ1) is 13.1. The van der Waals surface area contributed by atoms with Crippen molar-refractivity contribution in [3.63, 3.8) is 0 Å². The van der Waals surface area contributed by atoms with E-state index in [-0.39, 0.29) is 12.1 Å². The molecule has 1 fully saturated rings. The molecule has 1 amide bonds. The predicted molar refractivity (Wildman–Crippen MR) is 63.8 cm³/mol. The molecule has 0 aliphatic carbocycles. The van der Waals surface area contributed by atoms with Crippen LogP contribution in [0.15, 0.2) is 15.7 Å². The Kier molecular flexibility index (Phi) is 3.50. The van der Waals surface area contributed by atoms with Gasteiger partial charge in [-0.2, -0.15) is 0 Å². The van der Waals surface area contributed by atoms with E-state index < -0.39 is 29.2 Å². The normalized spacial score (nSPS) is 18.5. The number of likely N-dealkylation sites (tertiary alicyclic amines) is 1. The molecular formula is C11H13N3O5. The van der Waals surface area contributed by atoms with Gasteiger partial charge in [0.15, 0.2) is 0 Å². The van der Waals surface area contributed by atoms with E-state index in [1.54, 1.807) is 0 Å². The molecule has 0 bridgehead atoms. The SMILES string of the molecule is O=C(O)[C@@H]1CCCN1C(=O)Cc1cc(=O)[nH]c(=O)[nH]1. The highest BCUT2D eigenvalue weighted by Crippen LogP contribution is 2.18. The van der Waals surface area contributed by atoms with E-state index in [4.69, 9.17) is 5.11 Å². The smallest absolute Gasteiger partial charge is 0.326 e. The van der Waals surface area contributed by atoms with E-state index in [1.807, 2.05) is 4.98 Å². The molecule has 2 heterocycles.